The van der Waals surface area contributed by atoms with E-state index < -0.39 is 5.91 Å². The van der Waals surface area contributed by atoms with Crippen molar-refractivity contribution in [1.82, 2.24) is 4.98 Å². The topological polar surface area (TPSA) is 97.6 Å². The molecule has 3 rings (SSSR count). The molecule has 2 atom stereocenters. The number of hydrogen-bond acceptors (Lipinski definition) is 6. The highest BCUT2D eigenvalue weighted by Crippen LogP contribution is 2.39. The number of carbonyl (C=O) groups is 2. The summed E-state index contributed by atoms with van der Waals surface area (Å²) in [5.41, 5.74) is 7.29. The summed E-state index contributed by atoms with van der Waals surface area (Å²) in [7, 11) is 1.38. The maximum Gasteiger partial charge on any atom is 0.414 e. The van der Waals surface area contributed by atoms with E-state index in [1.54, 1.807) is 10.3 Å². The third-order valence-corrected chi connectivity index (χ3v) is 4.79. The van der Waals surface area contributed by atoms with E-state index in [1.165, 1.54) is 18.4 Å². The number of hydrogen-bond donors (Lipinski definition) is 2. The third-order valence-electron chi connectivity index (χ3n) is 4.01. The second-order valence-corrected chi connectivity index (χ2v) is 6.44. The lowest BCUT2D eigenvalue weighted by atomic mass is 9.92. The quantitative estimate of drug-likeness (QED) is 0.890. The van der Waals surface area contributed by atoms with E-state index >= 15 is 0 Å². The number of methoxy groups -OCH3 is 1. The van der Waals surface area contributed by atoms with Crippen molar-refractivity contribution in [1.29, 1.82) is 0 Å². The minimum atomic E-state index is -0.548. The number of nitrogens with zero attached hydrogens (tertiary/aromatic N) is 2. The van der Waals surface area contributed by atoms with Gasteiger partial charge >= 0.3 is 6.09 Å². The van der Waals surface area contributed by atoms with Crippen LogP contribution in [0.15, 0.2) is 29.6 Å². The Labute approximate surface area is 143 Å². The lowest BCUT2D eigenvalue weighted by Crippen LogP contribution is -2.44. The van der Waals surface area contributed by atoms with Crippen LogP contribution in [-0.4, -0.2) is 30.1 Å². The Morgan fingerprint density at radius 3 is 2.83 bits per heavy atom. The SMILES string of the molecule is COC(=O)N1c2ccccc2[C@@H](Nc2nc(C(N)=O)cs2)C[C@H]1C. The zero-order chi connectivity index (χ0) is 17.3. The number of nitrogens with two attached hydrogens (primary N) is 1. The molecule has 1 aromatic heterocycles. The summed E-state index contributed by atoms with van der Waals surface area (Å²) in [6, 6.07) is 7.61. The van der Waals surface area contributed by atoms with Crippen LogP contribution in [0.3, 0.4) is 0 Å². The van der Waals surface area contributed by atoms with Crippen molar-refractivity contribution in [2.45, 2.75) is 25.4 Å². The van der Waals surface area contributed by atoms with Gasteiger partial charge in [-0.15, -0.1) is 11.3 Å². The minimum absolute atomic E-state index is 0.0241. The smallest absolute Gasteiger partial charge is 0.414 e. The number of nitrogens with one attached hydrogen (secondary N) is 1. The number of thiazole rings is 1. The van der Waals surface area contributed by atoms with Crippen molar-refractivity contribution in [3.05, 3.63) is 40.9 Å². The van der Waals surface area contributed by atoms with Crippen LogP contribution in [0.2, 0.25) is 0 Å². The minimum Gasteiger partial charge on any atom is -0.452 e. The molecule has 2 amide bonds. The fourth-order valence-corrected chi connectivity index (χ4v) is 3.68. The van der Waals surface area contributed by atoms with Gasteiger partial charge in [-0.3, -0.25) is 9.69 Å². The summed E-state index contributed by atoms with van der Waals surface area (Å²) >= 11 is 1.33. The van der Waals surface area contributed by atoms with Crippen molar-refractivity contribution >= 4 is 34.2 Å². The molecule has 0 radical (unpaired) electrons. The van der Waals surface area contributed by atoms with E-state index in [1.807, 2.05) is 31.2 Å². The Morgan fingerprint density at radius 2 is 2.17 bits per heavy atom. The molecule has 2 heterocycles. The van der Waals surface area contributed by atoms with Crippen molar-refractivity contribution in [3.63, 3.8) is 0 Å². The number of ether oxygens (including phenoxy) is 1. The van der Waals surface area contributed by atoms with Gasteiger partial charge in [-0.1, -0.05) is 18.2 Å². The number of benzene rings is 1. The third kappa shape index (κ3) is 2.92. The summed E-state index contributed by atoms with van der Waals surface area (Å²) in [5.74, 6) is -0.548. The van der Waals surface area contributed by atoms with Crippen molar-refractivity contribution in [2.24, 2.45) is 5.73 Å². The van der Waals surface area contributed by atoms with Crippen LogP contribution in [0.5, 0.6) is 0 Å². The van der Waals surface area contributed by atoms with Crippen LogP contribution >= 0.6 is 11.3 Å². The number of rotatable bonds is 3. The van der Waals surface area contributed by atoms with E-state index in [0.717, 1.165) is 11.3 Å². The summed E-state index contributed by atoms with van der Waals surface area (Å²) < 4.78 is 4.91. The van der Waals surface area contributed by atoms with Gasteiger partial charge in [-0.05, 0) is 25.0 Å². The Morgan fingerprint density at radius 1 is 1.42 bits per heavy atom. The lowest BCUT2D eigenvalue weighted by Gasteiger charge is -2.38. The van der Waals surface area contributed by atoms with Crippen LogP contribution < -0.4 is 16.0 Å². The Hall–Kier alpha value is -2.61. The van der Waals surface area contributed by atoms with Crippen LogP contribution in [0.1, 0.15) is 35.4 Å². The molecule has 24 heavy (non-hydrogen) atoms. The number of aromatic nitrogens is 1. The molecule has 3 N–H and O–H groups in total. The summed E-state index contributed by atoms with van der Waals surface area (Å²) in [6.45, 7) is 1.97. The van der Waals surface area contributed by atoms with Crippen molar-refractivity contribution in [3.8, 4) is 0 Å². The summed E-state index contributed by atoms with van der Waals surface area (Å²) in [4.78, 5) is 29.2. The van der Waals surface area contributed by atoms with Gasteiger partial charge in [-0.25, -0.2) is 9.78 Å². The van der Waals surface area contributed by atoms with Crippen LogP contribution in [0.25, 0.3) is 0 Å². The Bertz CT molecular complexity index is 776. The second kappa shape index (κ2) is 6.48. The molecule has 0 aliphatic carbocycles. The first-order valence-corrected chi connectivity index (χ1v) is 8.37. The largest absolute Gasteiger partial charge is 0.452 e. The van der Waals surface area contributed by atoms with E-state index in [9.17, 15) is 9.59 Å². The van der Waals surface area contributed by atoms with Gasteiger partial charge in [0, 0.05) is 11.4 Å². The van der Waals surface area contributed by atoms with Crippen LogP contribution in [-0.2, 0) is 4.74 Å². The fraction of sp³-hybridized carbons (Fsp3) is 0.312. The number of anilines is 2. The lowest BCUT2D eigenvalue weighted by molar-refractivity contribution is 0.0996. The predicted molar refractivity (Wildman–Crippen MR) is 92.4 cm³/mol. The maximum absolute atomic E-state index is 12.1. The molecule has 0 fully saturated rings. The first kappa shape index (κ1) is 16.3. The van der Waals surface area contributed by atoms with Gasteiger partial charge in [0.2, 0.25) is 0 Å². The standard InChI is InChI=1S/C16H18N4O3S/c1-9-7-11(18-15-19-12(8-24-15)14(17)21)10-5-3-4-6-13(10)20(9)16(22)23-2/h3-6,8-9,11H,7H2,1-2H3,(H2,17,21)(H,18,19)/t9-,11+/m1/s1. The molecular formula is C16H18N4O3S. The van der Waals surface area contributed by atoms with Gasteiger partial charge in [0.05, 0.1) is 18.8 Å². The van der Waals surface area contributed by atoms with Crippen molar-refractivity contribution < 1.29 is 14.3 Å². The molecule has 0 saturated carbocycles. The predicted octanol–water partition coefficient (Wildman–Crippen LogP) is 2.76. The van der Waals surface area contributed by atoms with Crippen molar-refractivity contribution in [2.75, 3.05) is 17.3 Å². The average Bonchev–Trinajstić information content (AvgIpc) is 3.03. The molecule has 1 aliphatic heterocycles. The van der Waals surface area contributed by atoms with Crippen LogP contribution in [0, 0.1) is 0 Å². The molecule has 0 bridgehead atoms. The molecule has 1 aliphatic rings. The van der Waals surface area contributed by atoms with Gasteiger partial charge in [0.25, 0.3) is 5.91 Å². The van der Waals surface area contributed by atoms with Gasteiger partial charge < -0.3 is 15.8 Å². The number of para-hydroxylation sites is 1. The number of primary amides is 1. The normalized spacial score (nSPS) is 19.5. The molecule has 0 spiro atoms. The van der Waals surface area contributed by atoms with Crippen LogP contribution in [0.4, 0.5) is 15.6 Å². The molecular weight excluding hydrogens is 328 g/mol. The van der Waals surface area contributed by atoms with E-state index in [2.05, 4.69) is 10.3 Å². The summed E-state index contributed by atoms with van der Waals surface area (Å²) in [5, 5.41) is 5.60. The number of carbonyl (C=O) groups excluding carboxylic acids is 2. The van der Waals surface area contributed by atoms with Gasteiger partial charge in [-0.2, -0.15) is 0 Å². The Balaban J connectivity index is 1.91. The maximum atomic E-state index is 12.1. The summed E-state index contributed by atoms with van der Waals surface area (Å²) in [6.07, 6.45) is 0.316. The first-order chi connectivity index (χ1) is 11.5. The van der Waals surface area contributed by atoms with Gasteiger partial charge in [0.1, 0.15) is 5.69 Å². The first-order valence-electron chi connectivity index (χ1n) is 7.49. The molecule has 7 nitrogen and oxygen atoms in total. The highest BCUT2D eigenvalue weighted by Gasteiger charge is 2.34. The molecule has 8 heteroatoms. The van der Waals surface area contributed by atoms with E-state index in [-0.39, 0.29) is 23.9 Å². The Kier molecular flexibility index (Phi) is 4.39. The highest BCUT2D eigenvalue weighted by atomic mass is 32.1. The highest BCUT2D eigenvalue weighted by molar-refractivity contribution is 7.13. The molecule has 1 aromatic carbocycles. The average molecular weight is 346 g/mol. The molecule has 126 valence electrons. The second-order valence-electron chi connectivity index (χ2n) is 5.58. The zero-order valence-electron chi connectivity index (χ0n) is 13.4. The number of amides is 2. The number of fused-ring (bicyclic) bond motifs is 1. The van der Waals surface area contributed by atoms with E-state index in [0.29, 0.717) is 11.6 Å². The monoisotopic (exact) mass is 346 g/mol. The van der Waals surface area contributed by atoms with Gasteiger partial charge in [0.15, 0.2) is 5.13 Å². The fourth-order valence-electron chi connectivity index (χ4n) is 2.93. The molecule has 2 aromatic rings. The molecule has 0 unspecified atom stereocenters. The zero-order valence-corrected chi connectivity index (χ0v) is 14.2. The van der Waals surface area contributed by atoms with E-state index in [4.69, 9.17) is 10.5 Å². The molecule has 0 saturated heterocycles.